The number of nitrogens with one attached hydrogen (secondary N) is 4. The van der Waals surface area contributed by atoms with Crippen molar-refractivity contribution in [1.29, 1.82) is 0 Å². The number of urea groups is 1. The molecule has 220 valence electrons. The Bertz CT molecular complexity index is 1070. The van der Waals surface area contributed by atoms with Crippen molar-refractivity contribution >= 4 is 35.6 Å². The minimum atomic E-state index is -1.14. The van der Waals surface area contributed by atoms with Crippen molar-refractivity contribution in [3.05, 3.63) is 5.82 Å². The fraction of sp³-hybridized carbons (Fsp3) is 0.708. The van der Waals surface area contributed by atoms with Crippen LogP contribution in [0.5, 0.6) is 0 Å². The molecule has 6 amide bonds. The number of hydrogen-bond donors (Lipinski definition) is 5. The van der Waals surface area contributed by atoms with Crippen molar-refractivity contribution < 1.29 is 33.9 Å². The van der Waals surface area contributed by atoms with Gasteiger partial charge in [-0.15, -0.1) is 10.2 Å². The molecule has 1 aliphatic heterocycles. The molecule has 1 aromatic heterocycles. The van der Waals surface area contributed by atoms with Crippen molar-refractivity contribution in [2.75, 3.05) is 13.1 Å². The molecule has 1 saturated heterocycles. The third-order valence-electron chi connectivity index (χ3n) is 7.32. The van der Waals surface area contributed by atoms with Crippen molar-refractivity contribution in [1.82, 2.24) is 46.4 Å². The van der Waals surface area contributed by atoms with Gasteiger partial charge in [0.15, 0.2) is 5.82 Å². The second kappa shape index (κ2) is 14.3. The van der Waals surface area contributed by atoms with E-state index in [4.69, 9.17) is 5.11 Å². The predicted octanol–water partition coefficient (Wildman–Crippen LogP) is -0.707. The van der Waals surface area contributed by atoms with Crippen molar-refractivity contribution in [2.24, 2.45) is 5.92 Å². The first kappa shape index (κ1) is 30.4. The maximum absolute atomic E-state index is 13.4. The van der Waals surface area contributed by atoms with Crippen LogP contribution in [0, 0.1) is 5.92 Å². The van der Waals surface area contributed by atoms with Crippen LogP contribution in [0.1, 0.15) is 71.0 Å². The van der Waals surface area contributed by atoms with Crippen molar-refractivity contribution in [3.63, 3.8) is 0 Å². The highest BCUT2D eigenvalue weighted by molar-refractivity contribution is 6.04. The summed E-state index contributed by atoms with van der Waals surface area (Å²) < 4.78 is 0. The molecule has 2 aliphatic rings. The summed E-state index contributed by atoms with van der Waals surface area (Å²) in [6, 6.07) is -2.81. The van der Waals surface area contributed by atoms with Crippen LogP contribution in [-0.4, -0.2) is 102 Å². The van der Waals surface area contributed by atoms with Crippen LogP contribution in [-0.2, 0) is 30.5 Å². The van der Waals surface area contributed by atoms with Gasteiger partial charge in [0.2, 0.25) is 17.7 Å². The molecule has 2 heterocycles. The highest BCUT2D eigenvalue weighted by atomic mass is 16.4. The van der Waals surface area contributed by atoms with Crippen LogP contribution in [0.15, 0.2) is 0 Å². The van der Waals surface area contributed by atoms with Crippen molar-refractivity contribution in [3.8, 4) is 0 Å². The SMILES string of the molecule is CC[C@H](C)[C@H](NC(=O)CCC(=O)O)C(=O)NCC(=O)N1C(=O)N(C2CCCCC2)CC1C(=O)NCc1nn[nH]n1. The van der Waals surface area contributed by atoms with Crippen LogP contribution >= 0.6 is 0 Å². The fourth-order valence-electron chi connectivity index (χ4n) is 4.86. The van der Waals surface area contributed by atoms with Crippen LogP contribution in [0.3, 0.4) is 0 Å². The summed E-state index contributed by atoms with van der Waals surface area (Å²) in [6.45, 7) is 2.95. The molecule has 1 unspecified atom stereocenters. The number of aliphatic carboxylic acids is 1. The number of hydrogen-bond acceptors (Lipinski definition) is 9. The number of tetrazole rings is 1. The standard InChI is InChI=1S/C24H37N9O7/c1-3-14(2)21(27-18(34)9-10-20(36)37)23(39)26-12-19(35)33-16(22(38)25-11-17-28-30-31-29-17)13-32(24(33)40)15-7-5-4-6-8-15/h14-16,21H,3-13H2,1-2H3,(H,25,38)(H,26,39)(H,27,34)(H,36,37)(H,28,29,30,31)/t14-,16?,21-/m0/s1. The van der Waals surface area contributed by atoms with Gasteiger partial charge < -0.3 is 26.0 Å². The molecule has 5 N–H and O–H groups in total. The third-order valence-corrected chi connectivity index (χ3v) is 7.32. The minimum Gasteiger partial charge on any atom is -0.481 e. The van der Waals surface area contributed by atoms with E-state index >= 15 is 0 Å². The summed E-state index contributed by atoms with van der Waals surface area (Å²) in [6.07, 6.45) is 4.35. The molecular formula is C24H37N9O7. The first-order chi connectivity index (χ1) is 19.1. The van der Waals surface area contributed by atoms with Gasteiger partial charge in [-0.25, -0.2) is 9.69 Å². The number of carbonyl (C=O) groups is 6. The van der Waals surface area contributed by atoms with E-state index < -0.39 is 54.3 Å². The maximum atomic E-state index is 13.4. The molecule has 0 aromatic carbocycles. The lowest BCUT2D eigenvalue weighted by Crippen LogP contribution is -2.54. The molecule has 1 aromatic rings. The molecule has 1 saturated carbocycles. The van der Waals surface area contributed by atoms with E-state index in [0.717, 1.165) is 37.0 Å². The van der Waals surface area contributed by atoms with Gasteiger partial charge in [-0.3, -0.25) is 24.0 Å². The Labute approximate surface area is 231 Å². The van der Waals surface area contributed by atoms with Crippen LogP contribution in [0.2, 0.25) is 0 Å². The smallest absolute Gasteiger partial charge is 0.327 e. The third kappa shape index (κ3) is 7.95. The summed E-state index contributed by atoms with van der Waals surface area (Å²) in [7, 11) is 0. The number of aromatic nitrogens is 4. The second-order valence-electron chi connectivity index (χ2n) is 10.1. The summed E-state index contributed by atoms with van der Waals surface area (Å²) in [5, 5.41) is 29.7. The lowest BCUT2D eigenvalue weighted by atomic mass is 9.94. The molecule has 16 heteroatoms. The highest BCUT2D eigenvalue weighted by Crippen LogP contribution is 2.28. The van der Waals surface area contributed by atoms with E-state index in [2.05, 4.69) is 36.6 Å². The Morgan fingerprint density at radius 1 is 1.10 bits per heavy atom. The summed E-state index contributed by atoms with van der Waals surface area (Å²) in [4.78, 5) is 78.1. The highest BCUT2D eigenvalue weighted by Gasteiger charge is 2.47. The minimum absolute atomic E-state index is 0.0242. The normalized spacial score (nSPS) is 19.1. The van der Waals surface area contributed by atoms with Gasteiger partial charge in [0.1, 0.15) is 12.1 Å². The Balaban J connectivity index is 1.68. The average molecular weight is 564 g/mol. The number of carbonyl (C=O) groups excluding carboxylic acids is 5. The zero-order valence-electron chi connectivity index (χ0n) is 22.7. The monoisotopic (exact) mass is 563 g/mol. The summed E-state index contributed by atoms with van der Waals surface area (Å²) >= 11 is 0. The quantitative estimate of drug-likeness (QED) is 0.203. The average Bonchev–Trinajstić information content (AvgIpc) is 3.60. The Morgan fingerprint density at radius 3 is 2.45 bits per heavy atom. The first-order valence-corrected chi connectivity index (χ1v) is 13.5. The Kier molecular flexibility index (Phi) is 10.9. The number of rotatable bonds is 13. The Morgan fingerprint density at radius 2 is 1.82 bits per heavy atom. The summed E-state index contributed by atoms with van der Waals surface area (Å²) in [5.74, 6) is -3.82. The zero-order chi connectivity index (χ0) is 29.2. The molecule has 16 nitrogen and oxygen atoms in total. The van der Waals surface area contributed by atoms with E-state index in [-0.39, 0.29) is 43.7 Å². The molecule has 3 rings (SSSR count). The van der Waals surface area contributed by atoms with Gasteiger partial charge in [0.05, 0.1) is 26.1 Å². The second-order valence-corrected chi connectivity index (χ2v) is 10.1. The molecule has 0 radical (unpaired) electrons. The van der Waals surface area contributed by atoms with E-state index in [1.807, 2.05) is 6.92 Å². The molecular weight excluding hydrogens is 526 g/mol. The van der Waals surface area contributed by atoms with Crippen molar-refractivity contribution in [2.45, 2.75) is 89.9 Å². The van der Waals surface area contributed by atoms with Gasteiger partial charge in [0, 0.05) is 12.5 Å². The largest absolute Gasteiger partial charge is 0.481 e. The predicted molar refractivity (Wildman–Crippen MR) is 137 cm³/mol. The van der Waals surface area contributed by atoms with E-state index in [1.54, 1.807) is 11.8 Å². The summed E-state index contributed by atoms with van der Waals surface area (Å²) in [5.41, 5.74) is 0. The number of imide groups is 1. The molecule has 0 spiro atoms. The molecule has 3 atom stereocenters. The van der Waals surface area contributed by atoms with Gasteiger partial charge in [-0.1, -0.05) is 44.7 Å². The van der Waals surface area contributed by atoms with Crippen LogP contribution < -0.4 is 16.0 Å². The lowest BCUT2D eigenvalue weighted by Gasteiger charge is -2.30. The Hall–Kier alpha value is -4.11. The van der Waals surface area contributed by atoms with Gasteiger partial charge in [-0.2, -0.15) is 5.21 Å². The van der Waals surface area contributed by atoms with E-state index in [1.165, 1.54) is 0 Å². The molecule has 2 fully saturated rings. The zero-order valence-corrected chi connectivity index (χ0v) is 22.7. The van der Waals surface area contributed by atoms with E-state index in [0.29, 0.717) is 6.42 Å². The number of carboxylic acids is 1. The topological polar surface area (TPSA) is 220 Å². The number of H-pyrrole nitrogens is 1. The number of carboxylic acid groups (broad SMARTS) is 1. The van der Waals surface area contributed by atoms with Gasteiger partial charge >= 0.3 is 12.0 Å². The number of amides is 6. The molecule has 40 heavy (non-hydrogen) atoms. The lowest BCUT2D eigenvalue weighted by molar-refractivity contribution is -0.139. The maximum Gasteiger partial charge on any atom is 0.327 e. The first-order valence-electron chi connectivity index (χ1n) is 13.5. The van der Waals surface area contributed by atoms with Crippen LogP contribution in [0.4, 0.5) is 4.79 Å². The van der Waals surface area contributed by atoms with Gasteiger partial charge in [0.25, 0.3) is 5.91 Å². The fourth-order valence-corrected chi connectivity index (χ4v) is 4.86. The number of aromatic amines is 1. The van der Waals surface area contributed by atoms with E-state index in [9.17, 15) is 28.8 Å². The number of nitrogens with zero attached hydrogens (tertiary/aromatic N) is 5. The molecule has 0 bridgehead atoms. The molecule has 1 aliphatic carbocycles. The van der Waals surface area contributed by atoms with Crippen LogP contribution in [0.25, 0.3) is 0 Å². The van der Waals surface area contributed by atoms with Gasteiger partial charge in [-0.05, 0) is 18.8 Å².